The summed E-state index contributed by atoms with van der Waals surface area (Å²) < 4.78 is 2.05. The van der Waals surface area contributed by atoms with E-state index in [1.807, 2.05) is 72.8 Å². The molecule has 5 rings (SSSR count). The molecule has 4 nitrogen and oxygen atoms in total. The summed E-state index contributed by atoms with van der Waals surface area (Å²) in [5, 5.41) is 3.86. The monoisotopic (exact) mass is 413 g/mol. The minimum atomic E-state index is -0.0891. The Labute approximate surface area is 180 Å². The molecule has 2 heterocycles. The van der Waals surface area contributed by atoms with Crippen LogP contribution in [0.5, 0.6) is 0 Å². The molecule has 1 aliphatic heterocycles. The summed E-state index contributed by atoms with van der Waals surface area (Å²) in [5.74, 6) is 0.696. The van der Waals surface area contributed by atoms with Gasteiger partial charge in [0.15, 0.2) is 0 Å². The summed E-state index contributed by atoms with van der Waals surface area (Å²) in [4.78, 5) is 18.1. The number of nitrogens with one attached hydrogen (secondary N) is 1. The lowest BCUT2D eigenvalue weighted by Crippen LogP contribution is -2.45. The van der Waals surface area contributed by atoms with Crippen molar-refractivity contribution in [1.29, 1.82) is 0 Å². The SMILES string of the molecule is O=C1N[C@@H](Cc2ccccc2)Cn2c(-c3ccc(Cl)cc3)nc(-c3ccccc3)c21. The van der Waals surface area contributed by atoms with Crippen LogP contribution in [0.15, 0.2) is 84.9 Å². The van der Waals surface area contributed by atoms with E-state index in [1.165, 1.54) is 5.56 Å². The third kappa shape index (κ3) is 3.51. The van der Waals surface area contributed by atoms with Crippen molar-refractivity contribution in [2.45, 2.75) is 19.0 Å². The lowest BCUT2D eigenvalue weighted by atomic mass is 10.0. The summed E-state index contributed by atoms with van der Waals surface area (Å²) in [6.07, 6.45) is 0.769. The van der Waals surface area contributed by atoms with Crippen molar-refractivity contribution in [3.63, 3.8) is 0 Å². The summed E-state index contributed by atoms with van der Waals surface area (Å²) >= 11 is 6.09. The standard InChI is InChI=1S/C25H20ClN3O/c26-20-13-11-19(12-14-20)24-28-22(18-9-5-2-6-10-18)23-25(30)27-21(16-29(23)24)15-17-7-3-1-4-8-17/h1-14,21H,15-16H2,(H,27,30)/t21-/m0/s1. The molecule has 0 fully saturated rings. The van der Waals surface area contributed by atoms with Crippen molar-refractivity contribution in [1.82, 2.24) is 14.9 Å². The number of carbonyl (C=O) groups excluding carboxylic acids is 1. The van der Waals surface area contributed by atoms with Crippen molar-refractivity contribution >= 4 is 17.5 Å². The third-order valence-corrected chi connectivity index (χ3v) is 5.65. The lowest BCUT2D eigenvalue weighted by molar-refractivity contribution is 0.0902. The molecule has 1 aromatic heterocycles. The number of amides is 1. The Hall–Kier alpha value is -3.37. The molecular weight excluding hydrogens is 394 g/mol. The minimum absolute atomic E-state index is 0.00345. The Morgan fingerprint density at radius 3 is 2.27 bits per heavy atom. The summed E-state index contributed by atoms with van der Waals surface area (Å²) in [7, 11) is 0. The van der Waals surface area contributed by atoms with Gasteiger partial charge in [-0.25, -0.2) is 4.98 Å². The maximum absolute atomic E-state index is 13.2. The molecule has 4 aromatic rings. The number of halogens is 1. The molecule has 0 unspecified atom stereocenters. The normalized spacial score (nSPS) is 15.5. The summed E-state index contributed by atoms with van der Waals surface area (Å²) in [6.45, 7) is 0.660. The molecule has 0 bridgehead atoms. The molecule has 0 aliphatic carbocycles. The Balaban J connectivity index is 1.60. The van der Waals surface area contributed by atoms with E-state index < -0.39 is 0 Å². The van der Waals surface area contributed by atoms with Crippen LogP contribution in [0.3, 0.4) is 0 Å². The Morgan fingerprint density at radius 1 is 0.900 bits per heavy atom. The van der Waals surface area contributed by atoms with Gasteiger partial charge in [-0.05, 0) is 36.2 Å². The molecule has 5 heteroatoms. The van der Waals surface area contributed by atoms with E-state index in [4.69, 9.17) is 16.6 Å². The Kier molecular flexibility index (Phi) is 4.85. The molecule has 1 aliphatic rings. The summed E-state index contributed by atoms with van der Waals surface area (Å²) in [5.41, 5.74) is 4.38. The zero-order chi connectivity index (χ0) is 20.5. The second-order valence-corrected chi connectivity index (χ2v) is 7.91. The van der Waals surface area contributed by atoms with Crippen molar-refractivity contribution in [3.05, 3.63) is 101 Å². The highest BCUT2D eigenvalue weighted by Crippen LogP contribution is 2.32. The predicted molar refractivity (Wildman–Crippen MR) is 120 cm³/mol. The molecular formula is C25H20ClN3O. The molecule has 0 saturated heterocycles. The van der Waals surface area contributed by atoms with Crippen LogP contribution in [0.2, 0.25) is 5.02 Å². The van der Waals surface area contributed by atoms with Gasteiger partial charge in [-0.3, -0.25) is 4.79 Å². The number of rotatable bonds is 4. The highest BCUT2D eigenvalue weighted by atomic mass is 35.5. The first-order valence-electron chi connectivity index (χ1n) is 9.96. The van der Waals surface area contributed by atoms with Crippen molar-refractivity contribution in [2.75, 3.05) is 0 Å². The predicted octanol–water partition coefficient (Wildman–Crippen LogP) is 5.23. The zero-order valence-electron chi connectivity index (χ0n) is 16.3. The van der Waals surface area contributed by atoms with Crippen LogP contribution in [-0.2, 0) is 13.0 Å². The van der Waals surface area contributed by atoms with E-state index >= 15 is 0 Å². The van der Waals surface area contributed by atoms with Gasteiger partial charge in [0.05, 0.1) is 6.04 Å². The highest BCUT2D eigenvalue weighted by Gasteiger charge is 2.31. The van der Waals surface area contributed by atoms with E-state index in [9.17, 15) is 4.79 Å². The van der Waals surface area contributed by atoms with Gasteiger partial charge in [-0.2, -0.15) is 0 Å². The van der Waals surface area contributed by atoms with Gasteiger partial charge < -0.3 is 9.88 Å². The molecule has 3 aromatic carbocycles. The van der Waals surface area contributed by atoms with Crippen LogP contribution in [0.25, 0.3) is 22.6 Å². The number of benzene rings is 3. The number of hydrogen-bond donors (Lipinski definition) is 1. The van der Waals surface area contributed by atoms with Gasteiger partial charge in [0.1, 0.15) is 17.2 Å². The van der Waals surface area contributed by atoms with Gasteiger partial charge in [-0.1, -0.05) is 72.3 Å². The number of fused-ring (bicyclic) bond motifs is 1. The van der Waals surface area contributed by atoms with E-state index in [-0.39, 0.29) is 11.9 Å². The quantitative estimate of drug-likeness (QED) is 0.498. The zero-order valence-corrected chi connectivity index (χ0v) is 17.0. The Morgan fingerprint density at radius 2 is 1.57 bits per heavy atom. The fourth-order valence-corrected chi connectivity index (χ4v) is 4.14. The van der Waals surface area contributed by atoms with Crippen molar-refractivity contribution in [3.8, 4) is 22.6 Å². The number of hydrogen-bond acceptors (Lipinski definition) is 2. The lowest BCUT2D eigenvalue weighted by Gasteiger charge is -2.27. The smallest absolute Gasteiger partial charge is 0.270 e. The van der Waals surface area contributed by atoms with Gasteiger partial charge >= 0.3 is 0 Å². The van der Waals surface area contributed by atoms with Crippen LogP contribution in [0.1, 0.15) is 16.1 Å². The topological polar surface area (TPSA) is 46.9 Å². The first kappa shape index (κ1) is 18.6. The van der Waals surface area contributed by atoms with Crippen LogP contribution >= 0.6 is 11.6 Å². The van der Waals surface area contributed by atoms with Gasteiger partial charge in [0.25, 0.3) is 5.91 Å². The van der Waals surface area contributed by atoms with Crippen LogP contribution in [0.4, 0.5) is 0 Å². The molecule has 0 saturated carbocycles. The number of imidazole rings is 1. The number of carbonyl (C=O) groups is 1. The molecule has 1 N–H and O–H groups in total. The molecule has 0 spiro atoms. The van der Waals surface area contributed by atoms with E-state index in [2.05, 4.69) is 22.0 Å². The molecule has 0 radical (unpaired) electrons. The second kappa shape index (κ2) is 7.81. The molecule has 1 amide bonds. The van der Waals surface area contributed by atoms with Crippen molar-refractivity contribution in [2.24, 2.45) is 0 Å². The van der Waals surface area contributed by atoms with Crippen LogP contribution < -0.4 is 5.32 Å². The maximum Gasteiger partial charge on any atom is 0.270 e. The maximum atomic E-state index is 13.2. The van der Waals surface area contributed by atoms with Gasteiger partial charge in [0.2, 0.25) is 0 Å². The van der Waals surface area contributed by atoms with Crippen LogP contribution in [0, 0.1) is 0 Å². The van der Waals surface area contributed by atoms with E-state index in [0.717, 1.165) is 23.4 Å². The third-order valence-electron chi connectivity index (χ3n) is 5.40. The largest absolute Gasteiger partial charge is 0.346 e. The highest BCUT2D eigenvalue weighted by molar-refractivity contribution is 6.30. The first-order valence-corrected chi connectivity index (χ1v) is 10.3. The average molecular weight is 414 g/mol. The first-order chi connectivity index (χ1) is 14.7. The Bertz CT molecular complexity index is 1180. The van der Waals surface area contributed by atoms with Gasteiger partial charge in [0, 0.05) is 22.7 Å². The second-order valence-electron chi connectivity index (χ2n) is 7.48. The van der Waals surface area contributed by atoms with Crippen LogP contribution in [-0.4, -0.2) is 21.5 Å². The number of nitrogens with zero attached hydrogens (tertiary/aromatic N) is 2. The summed E-state index contributed by atoms with van der Waals surface area (Å²) in [6, 6.07) is 27.7. The minimum Gasteiger partial charge on any atom is -0.346 e. The average Bonchev–Trinajstić information content (AvgIpc) is 3.16. The molecule has 148 valence electrons. The fraction of sp³-hybridized carbons (Fsp3) is 0.120. The van der Waals surface area contributed by atoms with Gasteiger partial charge in [-0.15, -0.1) is 0 Å². The molecule has 30 heavy (non-hydrogen) atoms. The number of aromatic nitrogens is 2. The van der Waals surface area contributed by atoms with E-state index in [0.29, 0.717) is 23.0 Å². The fourth-order valence-electron chi connectivity index (χ4n) is 4.01. The van der Waals surface area contributed by atoms with Crippen molar-refractivity contribution < 1.29 is 4.79 Å². The van der Waals surface area contributed by atoms with E-state index in [1.54, 1.807) is 0 Å². The molecule has 1 atom stereocenters.